The second-order valence-corrected chi connectivity index (χ2v) is 4.33. The summed E-state index contributed by atoms with van der Waals surface area (Å²) >= 11 is 0. The molecule has 0 fully saturated rings. The molecule has 2 heterocycles. The first-order chi connectivity index (χ1) is 9.22. The van der Waals surface area contributed by atoms with Gasteiger partial charge in [0.15, 0.2) is 11.5 Å². The van der Waals surface area contributed by atoms with Crippen molar-refractivity contribution in [1.82, 2.24) is 4.98 Å². The molecule has 1 atom stereocenters. The van der Waals surface area contributed by atoms with E-state index in [4.69, 9.17) is 19.9 Å². The largest absolute Gasteiger partial charge is 0.454 e. The van der Waals surface area contributed by atoms with Crippen molar-refractivity contribution in [1.29, 1.82) is 0 Å². The Hall–Kier alpha value is -2.27. The van der Waals surface area contributed by atoms with Crippen LogP contribution in [0.25, 0.3) is 0 Å². The minimum atomic E-state index is -0.0536. The van der Waals surface area contributed by atoms with Crippen molar-refractivity contribution in [3.8, 4) is 23.1 Å². The highest BCUT2D eigenvalue weighted by molar-refractivity contribution is 5.47. The number of benzene rings is 1. The second-order valence-electron chi connectivity index (χ2n) is 4.33. The van der Waals surface area contributed by atoms with Gasteiger partial charge in [-0.05, 0) is 30.7 Å². The van der Waals surface area contributed by atoms with Crippen molar-refractivity contribution in [2.75, 3.05) is 6.79 Å². The van der Waals surface area contributed by atoms with Crippen LogP contribution in [0.1, 0.15) is 18.5 Å². The molecule has 1 aromatic heterocycles. The van der Waals surface area contributed by atoms with Crippen LogP contribution in [0.4, 0.5) is 0 Å². The molecule has 0 aliphatic carbocycles. The van der Waals surface area contributed by atoms with Gasteiger partial charge >= 0.3 is 0 Å². The quantitative estimate of drug-likeness (QED) is 0.916. The summed E-state index contributed by atoms with van der Waals surface area (Å²) in [5, 5.41) is 0. The minimum Gasteiger partial charge on any atom is -0.454 e. The van der Waals surface area contributed by atoms with Crippen molar-refractivity contribution in [2.45, 2.75) is 13.0 Å². The summed E-state index contributed by atoms with van der Waals surface area (Å²) < 4.78 is 16.2. The lowest BCUT2D eigenvalue weighted by molar-refractivity contribution is 0.174. The third-order valence-electron chi connectivity index (χ3n) is 2.85. The number of aromatic nitrogens is 1. The van der Waals surface area contributed by atoms with E-state index in [2.05, 4.69) is 4.98 Å². The van der Waals surface area contributed by atoms with Gasteiger partial charge in [0.1, 0.15) is 5.75 Å². The normalized spacial score (nSPS) is 14.2. The number of nitrogens with two attached hydrogens (primary N) is 1. The molecule has 1 aromatic carbocycles. The molecule has 0 radical (unpaired) electrons. The fourth-order valence-electron chi connectivity index (χ4n) is 1.82. The SMILES string of the molecule is C[C@@H](N)c1ccnc(Oc2ccc3c(c2)OCO3)c1. The van der Waals surface area contributed by atoms with Gasteiger partial charge in [0.25, 0.3) is 0 Å². The maximum absolute atomic E-state index is 5.83. The number of nitrogens with zero attached hydrogens (tertiary/aromatic N) is 1. The third kappa shape index (κ3) is 2.46. The van der Waals surface area contributed by atoms with E-state index in [9.17, 15) is 0 Å². The lowest BCUT2D eigenvalue weighted by Gasteiger charge is -2.09. The van der Waals surface area contributed by atoms with E-state index in [-0.39, 0.29) is 12.8 Å². The van der Waals surface area contributed by atoms with Crippen LogP contribution in [0.15, 0.2) is 36.5 Å². The Morgan fingerprint density at radius 3 is 2.89 bits per heavy atom. The highest BCUT2D eigenvalue weighted by atomic mass is 16.7. The van der Waals surface area contributed by atoms with Gasteiger partial charge in [-0.3, -0.25) is 0 Å². The van der Waals surface area contributed by atoms with Crippen LogP contribution >= 0.6 is 0 Å². The molecular weight excluding hydrogens is 244 g/mol. The van der Waals surface area contributed by atoms with E-state index < -0.39 is 0 Å². The molecule has 19 heavy (non-hydrogen) atoms. The fraction of sp³-hybridized carbons (Fsp3) is 0.214. The minimum absolute atomic E-state index is 0.0536. The van der Waals surface area contributed by atoms with Gasteiger partial charge < -0.3 is 19.9 Å². The monoisotopic (exact) mass is 258 g/mol. The molecule has 0 spiro atoms. The number of pyridine rings is 1. The number of fused-ring (bicyclic) bond motifs is 1. The van der Waals surface area contributed by atoms with Gasteiger partial charge in [0.05, 0.1) is 0 Å². The Labute approximate surface area is 110 Å². The summed E-state index contributed by atoms with van der Waals surface area (Å²) in [4.78, 5) is 4.16. The van der Waals surface area contributed by atoms with Gasteiger partial charge in [0, 0.05) is 24.4 Å². The number of rotatable bonds is 3. The zero-order valence-electron chi connectivity index (χ0n) is 10.5. The van der Waals surface area contributed by atoms with E-state index in [0.29, 0.717) is 17.4 Å². The molecule has 98 valence electrons. The van der Waals surface area contributed by atoms with Crippen LogP contribution in [-0.4, -0.2) is 11.8 Å². The Kier molecular flexibility index (Phi) is 2.97. The van der Waals surface area contributed by atoms with E-state index in [1.165, 1.54) is 0 Å². The van der Waals surface area contributed by atoms with Gasteiger partial charge in [0.2, 0.25) is 12.7 Å². The van der Waals surface area contributed by atoms with Crippen molar-refractivity contribution < 1.29 is 14.2 Å². The number of hydrogen-bond donors (Lipinski definition) is 1. The first kappa shape index (κ1) is 11.8. The summed E-state index contributed by atoms with van der Waals surface area (Å²) in [5.74, 6) is 2.57. The fourth-order valence-corrected chi connectivity index (χ4v) is 1.82. The summed E-state index contributed by atoms with van der Waals surface area (Å²) in [7, 11) is 0. The van der Waals surface area contributed by atoms with Crippen molar-refractivity contribution in [2.24, 2.45) is 5.73 Å². The summed E-state index contributed by atoms with van der Waals surface area (Å²) in [6, 6.07) is 9.05. The van der Waals surface area contributed by atoms with Gasteiger partial charge in [-0.15, -0.1) is 0 Å². The van der Waals surface area contributed by atoms with Crippen molar-refractivity contribution in [3.05, 3.63) is 42.1 Å². The molecule has 0 saturated carbocycles. The van der Waals surface area contributed by atoms with Crippen LogP contribution in [0.5, 0.6) is 23.1 Å². The van der Waals surface area contributed by atoms with E-state index in [1.807, 2.05) is 31.2 Å². The molecule has 0 amide bonds. The zero-order valence-corrected chi connectivity index (χ0v) is 10.5. The Morgan fingerprint density at radius 1 is 1.21 bits per heavy atom. The molecule has 0 saturated heterocycles. The number of ether oxygens (including phenoxy) is 3. The predicted octanol–water partition coefficient (Wildman–Crippen LogP) is 2.62. The van der Waals surface area contributed by atoms with Crippen molar-refractivity contribution >= 4 is 0 Å². The smallest absolute Gasteiger partial charge is 0.231 e. The first-order valence-electron chi connectivity index (χ1n) is 6.01. The third-order valence-corrected chi connectivity index (χ3v) is 2.85. The second kappa shape index (κ2) is 4.78. The molecule has 5 heteroatoms. The van der Waals surface area contributed by atoms with Crippen LogP contribution in [0.3, 0.4) is 0 Å². The average Bonchev–Trinajstić information content (AvgIpc) is 2.86. The van der Waals surface area contributed by atoms with Gasteiger partial charge in [-0.2, -0.15) is 0 Å². The first-order valence-corrected chi connectivity index (χ1v) is 6.01. The molecule has 3 rings (SSSR count). The topological polar surface area (TPSA) is 66.6 Å². The molecule has 1 aliphatic rings. The summed E-state index contributed by atoms with van der Waals surface area (Å²) in [5.41, 5.74) is 6.81. The highest BCUT2D eigenvalue weighted by Gasteiger charge is 2.14. The summed E-state index contributed by atoms with van der Waals surface area (Å²) in [6.45, 7) is 2.16. The van der Waals surface area contributed by atoms with Crippen LogP contribution in [0, 0.1) is 0 Å². The van der Waals surface area contributed by atoms with Crippen LogP contribution in [0.2, 0.25) is 0 Å². The molecule has 5 nitrogen and oxygen atoms in total. The van der Waals surface area contributed by atoms with Gasteiger partial charge in [-0.1, -0.05) is 0 Å². The molecule has 1 aliphatic heterocycles. The molecule has 0 bridgehead atoms. The maximum Gasteiger partial charge on any atom is 0.231 e. The van der Waals surface area contributed by atoms with Crippen molar-refractivity contribution in [3.63, 3.8) is 0 Å². The Balaban J connectivity index is 1.83. The predicted molar refractivity (Wildman–Crippen MR) is 69.5 cm³/mol. The van der Waals surface area contributed by atoms with Crippen LogP contribution < -0.4 is 19.9 Å². The lowest BCUT2D eigenvalue weighted by atomic mass is 10.1. The summed E-state index contributed by atoms with van der Waals surface area (Å²) in [6.07, 6.45) is 1.68. The van der Waals surface area contributed by atoms with Gasteiger partial charge in [-0.25, -0.2) is 4.98 Å². The van der Waals surface area contributed by atoms with E-state index in [0.717, 1.165) is 11.3 Å². The Morgan fingerprint density at radius 2 is 2.05 bits per heavy atom. The number of hydrogen-bond acceptors (Lipinski definition) is 5. The zero-order chi connectivity index (χ0) is 13.2. The average molecular weight is 258 g/mol. The molecule has 0 unspecified atom stereocenters. The molecular formula is C14H14N2O3. The lowest BCUT2D eigenvalue weighted by Crippen LogP contribution is -2.05. The van der Waals surface area contributed by atoms with E-state index >= 15 is 0 Å². The Bertz CT molecular complexity index is 599. The maximum atomic E-state index is 5.83. The van der Waals surface area contributed by atoms with Crippen LogP contribution in [-0.2, 0) is 0 Å². The molecule has 2 aromatic rings. The molecule has 2 N–H and O–H groups in total. The standard InChI is InChI=1S/C14H14N2O3/c1-9(15)10-4-5-16-14(6-10)19-11-2-3-12-13(7-11)18-8-17-12/h2-7,9H,8,15H2,1H3/t9-/m1/s1. The highest BCUT2D eigenvalue weighted by Crippen LogP contribution is 2.36. The van der Waals surface area contributed by atoms with E-state index in [1.54, 1.807) is 12.3 Å².